The van der Waals surface area contributed by atoms with Crippen LogP contribution in [-0.4, -0.2) is 144 Å². The number of aromatic nitrogens is 23. The van der Waals surface area contributed by atoms with E-state index in [0.717, 1.165) is 136 Å². The number of pyridine rings is 1. The number of H-pyrrole nitrogens is 8. The van der Waals surface area contributed by atoms with Crippen LogP contribution in [0.2, 0.25) is 10.0 Å². The highest BCUT2D eigenvalue weighted by atomic mass is 35.5. The molecule has 4 fully saturated rings. The minimum atomic E-state index is -0.313. The Bertz CT molecular complexity index is 7870. The molecule has 0 bridgehead atoms. The third-order valence-corrected chi connectivity index (χ3v) is 21.3. The van der Waals surface area contributed by atoms with Gasteiger partial charge >= 0.3 is 22.8 Å². The Morgan fingerprint density at radius 2 is 0.843 bits per heavy atom. The molecule has 121 heavy (non-hydrogen) atoms. The van der Waals surface area contributed by atoms with Crippen molar-refractivity contribution in [3.05, 3.63) is 275 Å². The number of ether oxygens (including phenoxy) is 1. The second-order valence-electron chi connectivity index (χ2n) is 30.0. The van der Waals surface area contributed by atoms with Crippen molar-refractivity contribution in [3.63, 3.8) is 0 Å². The van der Waals surface area contributed by atoms with Crippen molar-refractivity contribution in [2.24, 2.45) is 0 Å². The molecule has 0 unspecified atom stereocenters. The molecule has 14 N–H and O–H groups in total. The van der Waals surface area contributed by atoms with Gasteiger partial charge < -0.3 is 85.6 Å². The van der Waals surface area contributed by atoms with Gasteiger partial charge in [0.2, 0.25) is 0 Å². The molecule has 0 saturated heterocycles. The lowest BCUT2D eigenvalue weighted by Gasteiger charge is -2.13. The molecule has 4 aliphatic rings. The molecule has 18 aromatic rings. The fraction of sp³-hybridized carbons (Fsp3) is 0.165. The number of nitrogens with one attached hydrogen (secondary N) is 14. The standard InChI is InChI=1S/C23H21N7O.C21H20ClN7O2.C21H18N8O.C20H18ClN7O/c1-13-3-4-15-7-8-29(19(15)9-13)20-11-21(26-17-5-6-17)30-22(28-20)16(12-24-30)10-18-14(2)25-23(31)27-18;1-11-15(27-21(30)24-11)8-12-10-23-29-18(25-13-6-7-13)9-17(28-20(12)29)26-14-4-3-5-16(31-2)19(14)22;1-12-16(26-21(30)24-12)8-14-11-23-29-19(25-15-2-3-15)9-18(27-20(14)29)28-7-5-13-10-22-6-4-17(13)28;1-11-16(26-20(29)23-11)8-12-10-22-28-18(25-15-6-7-15)9-17(27-19(12)28)24-14-4-2-13(21)3-5-14/h3-4,7-12,17,26H,2,5-6H2,1H3,(H2,25,27,31);3-5,8-10,13,25H,1,6-7H2,2H3,(H,26,28)(H2,24,27,30);4-11,15,25H,1-3H2,(H2,24,26,30);2-5,8-10,15,25H,1,6-7H2,(H,24,27)(H2,23,26,29)/b18-10-;15-8-;2*16-8-. The van der Waals surface area contributed by atoms with Gasteiger partial charge in [-0.2, -0.15) is 38.5 Å². The topological polar surface area (TPSA) is 420 Å². The van der Waals surface area contributed by atoms with Gasteiger partial charge in [0.1, 0.15) is 57.3 Å². The number of imidazole rings is 4. The fourth-order valence-corrected chi connectivity index (χ4v) is 14.3. The summed E-state index contributed by atoms with van der Waals surface area (Å²) in [5, 5.41) is 46.6. The van der Waals surface area contributed by atoms with Gasteiger partial charge in [-0.25, -0.2) is 39.1 Å². The van der Waals surface area contributed by atoms with E-state index in [-0.39, 0.29) is 22.8 Å². The summed E-state index contributed by atoms with van der Waals surface area (Å²) in [5.74, 6) is 6.87. The highest BCUT2D eigenvalue weighted by molar-refractivity contribution is 6.34. The summed E-state index contributed by atoms with van der Waals surface area (Å²) in [4.78, 5) is 91.4. The van der Waals surface area contributed by atoms with Crippen LogP contribution in [0.25, 0.3) is 107 Å². The molecule has 0 spiro atoms. The Kier molecular flexibility index (Phi) is 19.5. The monoisotopic (exact) mass is 1650 g/mol. The molecule has 22 rings (SSSR count). The van der Waals surface area contributed by atoms with E-state index >= 15 is 0 Å². The number of hydrogen-bond acceptors (Lipinski definition) is 20. The summed E-state index contributed by atoms with van der Waals surface area (Å²) in [6.07, 6.45) is 30.9. The van der Waals surface area contributed by atoms with Gasteiger partial charge in [-0.15, -0.1) is 0 Å². The van der Waals surface area contributed by atoms with Gasteiger partial charge in [0.05, 0.1) is 91.4 Å². The summed E-state index contributed by atoms with van der Waals surface area (Å²) in [7, 11) is 1.57. The van der Waals surface area contributed by atoms with Gasteiger partial charge in [0.25, 0.3) is 0 Å². The molecule has 3 aromatic carbocycles. The van der Waals surface area contributed by atoms with Gasteiger partial charge in [0.15, 0.2) is 22.6 Å². The Balaban J connectivity index is 0.000000106. The zero-order valence-electron chi connectivity index (χ0n) is 65.0. The summed E-state index contributed by atoms with van der Waals surface area (Å²) in [6.45, 7) is 17.5. The third-order valence-electron chi connectivity index (χ3n) is 20.6. The van der Waals surface area contributed by atoms with Crippen LogP contribution in [0.1, 0.15) is 79.2 Å². The van der Waals surface area contributed by atoms with Crippen LogP contribution in [0.4, 0.5) is 46.3 Å². The van der Waals surface area contributed by atoms with Gasteiger partial charge in [-0.3, -0.25) is 4.98 Å². The summed E-state index contributed by atoms with van der Waals surface area (Å²) in [5.41, 5.74) is 9.46. The Morgan fingerprint density at radius 1 is 0.438 bits per heavy atom. The van der Waals surface area contributed by atoms with Crippen LogP contribution in [0.15, 0.2) is 172 Å². The molecule has 15 heterocycles. The van der Waals surface area contributed by atoms with E-state index in [2.05, 4.69) is 159 Å². The van der Waals surface area contributed by atoms with Crippen molar-refractivity contribution < 1.29 is 4.74 Å². The van der Waals surface area contributed by atoms with E-state index < -0.39 is 0 Å². The highest BCUT2D eigenvalue weighted by Gasteiger charge is 2.28. The number of hydrogen-bond donors (Lipinski definition) is 14. The van der Waals surface area contributed by atoms with Crippen molar-refractivity contribution in [1.29, 1.82) is 0 Å². The molecule has 4 aliphatic carbocycles. The van der Waals surface area contributed by atoms with Crippen molar-refractivity contribution in [2.45, 2.75) is 82.5 Å². The number of fused-ring (bicyclic) bond motifs is 6. The van der Waals surface area contributed by atoms with Gasteiger partial charge in [-0.05, 0) is 149 Å². The zero-order valence-corrected chi connectivity index (χ0v) is 66.6. The molecule has 4 saturated carbocycles. The highest BCUT2D eigenvalue weighted by Crippen LogP contribution is 2.37. The van der Waals surface area contributed by atoms with Crippen LogP contribution in [0.3, 0.4) is 0 Å². The first-order valence-electron chi connectivity index (χ1n) is 39.0. The second-order valence-corrected chi connectivity index (χ2v) is 30.8. The molecular formula is C85H77Cl2N29O5. The minimum absolute atomic E-state index is 0.286. The number of nitrogens with zero attached hydrogens (tertiary/aromatic N) is 15. The van der Waals surface area contributed by atoms with Gasteiger partial charge in [-0.1, -0.05) is 67.7 Å². The summed E-state index contributed by atoms with van der Waals surface area (Å²) >= 11 is 12.4. The molecule has 0 radical (unpaired) electrons. The number of halogens is 2. The first kappa shape index (κ1) is 75.6. The molecular weight excluding hydrogens is 1580 g/mol. The fourth-order valence-electron chi connectivity index (χ4n) is 13.9. The molecule has 0 amide bonds. The van der Waals surface area contributed by atoms with Crippen molar-refractivity contribution >= 4 is 164 Å². The molecule has 0 atom stereocenters. The first-order valence-corrected chi connectivity index (χ1v) is 39.7. The molecule has 0 aliphatic heterocycles. The van der Waals surface area contributed by atoms with E-state index in [4.69, 9.17) is 47.9 Å². The molecule has 36 heteroatoms. The lowest BCUT2D eigenvalue weighted by atomic mass is 10.2. The predicted octanol–water partition coefficient (Wildman–Crippen LogP) is 6.63. The van der Waals surface area contributed by atoms with Crippen LogP contribution in [0, 0.1) is 6.92 Å². The first-order chi connectivity index (χ1) is 58.8. The number of aryl methyl sites for hydroxylation is 1. The Hall–Kier alpha value is -15.5. The maximum Gasteiger partial charge on any atom is 0.323 e. The largest absolute Gasteiger partial charge is 0.495 e. The van der Waals surface area contributed by atoms with Crippen molar-refractivity contribution in [2.75, 3.05) is 39.0 Å². The normalized spacial score (nSPS) is 14.5. The Morgan fingerprint density at radius 3 is 1.26 bits per heavy atom. The smallest absolute Gasteiger partial charge is 0.323 e. The average Bonchev–Trinajstić information content (AvgIpc) is 1.64. The maximum absolute atomic E-state index is 11.6. The van der Waals surface area contributed by atoms with E-state index in [0.29, 0.717) is 123 Å². The van der Waals surface area contributed by atoms with E-state index in [1.165, 1.54) is 5.56 Å². The zero-order chi connectivity index (χ0) is 82.8. The lowest BCUT2D eigenvalue weighted by Crippen LogP contribution is -2.22. The number of methoxy groups -OCH3 is 1. The SMILES string of the molecule is C=c1[nH]c(=O)[nH]/c1=C\c1cnn2c(NC3CC3)cc(-n3ccc4ccc(C)cc43)nc12.C=c1[nH]c(=O)[nH]/c1=C\c1cnn2c(NC3CC3)cc(-n3ccc4cnccc43)nc12.C=c1[nH]c(=O)[nH]/c1=C\c1cnn2c(NC3CC3)cc(Nc3ccc(Cl)cc3)nc12.C=c1[nH]c(=O)[nH]/c1=C\c1cnn2c(NC3CC3)cc(Nc3cccc(OC)c3Cl)nc12. The molecule has 34 nitrogen and oxygen atoms in total. The number of rotatable bonds is 19. The van der Waals surface area contributed by atoms with Crippen LogP contribution in [0.5, 0.6) is 5.75 Å². The van der Waals surface area contributed by atoms with E-state index in [9.17, 15) is 19.2 Å². The summed E-state index contributed by atoms with van der Waals surface area (Å²) in [6, 6.07) is 35.1. The molecule has 15 aromatic heterocycles. The lowest BCUT2D eigenvalue weighted by molar-refractivity contribution is 0.415. The quantitative estimate of drug-likeness (QED) is 0.0404. The third kappa shape index (κ3) is 16.2. The Labute approximate surface area is 691 Å². The van der Waals surface area contributed by atoms with Crippen LogP contribution in [-0.2, 0) is 0 Å². The number of aromatic amines is 8. The predicted molar refractivity (Wildman–Crippen MR) is 470 cm³/mol. The maximum atomic E-state index is 11.6. The number of benzene rings is 3. The number of anilines is 8. The van der Waals surface area contributed by atoms with E-state index in [1.54, 1.807) is 63.8 Å². The second kappa shape index (κ2) is 31.2. The van der Waals surface area contributed by atoms with Crippen molar-refractivity contribution in [3.8, 4) is 17.4 Å². The molecule has 606 valence electrons. The summed E-state index contributed by atoms with van der Waals surface area (Å²) < 4.78 is 16.6. The minimum Gasteiger partial charge on any atom is -0.495 e. The van der Waals surface area contributed by atoms with Crippen molar-refractivity contribution in [1.82, 2.24) is 112 Å². The average molecular weight is 1660 g/mol. The van der Waals surface area contributed by atoms with Crippen LogP contribution >= 0.6 is 23.2 Å². The van der Waals surface area contributed by atoms with E-state index in [1.807, 2.05) is 119 Å². The van der Waals surface area contributed by atoms with Gasteiger partial charge in [0, 0.05) is 117 Å². The van der Waals surface area contributed by atoms with Crippen LogP contribution < -0.4 is 102 Å².